The van der Waals surface area contributed by atoms with Gasteiger partial charge in [-0.1, -0.05) is 33.1 Å². The van der Waals surface area contributed by atoms with Crippen LogP contribution in [0.2, 0.25) is 0 Å². The monoisotopic (exact) mass is 227 g/mol. The molecule has 1 fully saturated rings. The van der Waals surface area contributed by atoms with E-state index >= 15 is 0 Å². The Kier molecular flexibility index (Phi) is 5.77. The molecule has 1 unspecified atom stereocenters. The van der Waals surface area contributed by atoms with Gasteiger partial charge in [-0.05, 0) is 37.5 Å². The van der Waals surface area contributed by atoms with E-state index in [0.717, 1.165) is 18.9 Å². The Hall–Kier alpha value is -0.0800. The van der Waals surface area contributed by atoms with Gasteiger partial charge in [0.25, 0.3) is 0 Å². The molecule has 96 valence electrons. The number of nitrogens with one attached hydrogen (secondary N) is 1. The Morgan fingerprint density at radius 3 is 2.44 bits per heavy atom. The van der Waals surface area contributed by atoms with E-state index in [1.165, 1.54) is 32.1 Å². The molecule has 0 aromatic heterocycles. The van der Waals surface area contributed by atoms with Crippen LogP contribution in [0, 0.1) is 11.3 Å². The third-order valence-corrected chi connectivity index (χ3v) is 4.05. The van der Waals surface area contributed by atoms with Crippen LogP contribution >= 0.6 is 0 Å². The minimum atomic E-state index is 0.220. The van der Waals surface area contributed by atoms with Gasteiger partial charge in [0, 0.05) is 19.2 Å². The second-order valence-electron chi connectivity index (χ2n) is 6.21. The number of aliphatic hydroxyl groups is 1. The first-order chi connectivity index (χ1) is 7.55. The lowest BCUT2D eigenvalue weighted by atomic mass is 9.83. The van der Waals surface area contributed by atoms with Crippen molar-refractivity contribution in [2.45, 2.75) is 65.3 Å². The lowest BCUT2D eigenvalue weighted by Gasteiger charge is -2.32. The molecule has 0 spiro atoms. The number of aliphatic hydroxyl groups excluding tert-OH is 1. The fourth-order valence-electron chi connectivity index (χ4n) is 2.63. The maximum absolute atomic E-state index is 8.99. The molecular formula is C14H29NO. The molecular weight excluding hydrogens is 198 g/mol. The summed E-state index contributed by atoms with van der Waals surface area (Å²) in [6.07, 6.45) is 7.94. The van der Waals surface area contributed by atoms with E-state index in [0.29, 0.717) is 12.6 Å². The smallest absolute Gasteiger partial charge is 0.0436 e. The third kappa shape index (κ3) is 4.84. The summed E-state index contributed by atoms with van der Waals surface area (Å²) in [6, 6.07) is 0.637. The average molecular weight is 227 g/mol. The van der Waals surface area contributed by atoms with Crippen LogP contribution in [0.15, 0.2) is 0 Å². The van der Waals surface area contributed by atoms with Crippen molar-refractivity contribution in [3.8, 4) is 0 Å². The first kappa shape index (κ1) is 14.0. The first-order valence-corrected chi connectivity index (χ1v) is 6.89. The molecule has 0 radical (unpaired) electrons. The molecule has 16 heavy (non-hydrogen) atoms. The highest BCUT2D eigenvalue weighted by atomic mass is 16.3. The van der Waals surface area contributed by atoms with E-state index in [4.69, 9.17) is 5.11 Å². The highest BCUT2D eigenvalue weighted by Gasteiger charge is 2.23. The zero-order valence-corrected chi connectivity index (χ0v) is 11.3. The first-order valence-electron chi connectivity index (χ1n) is 6.89. The molecule has 1 atom stereocenters. The maximum atomic E-state index is 8.99. The average Bonchev–Trinajstić information content (AvgIpc) is 2.27. The molecule has 0 aromatic rings. The van der Waals surface area contributed by atoms with Crippen molar-refractivity contribution in [2.75, 3.05) is 13.2 Å². The fourth-order valence-corrected chi connectivity index (χ4v) is 2.63. The second-order valence-corrected chi connectivity index (χ2v) is 6.21. The van der Waals surface area contributed by atoms with Gasteiger partial charge in [-0.2, -0.15) is 0 Å². The Labute approximate surface area is 101 Å². The quantitative estimate of drug-likeness (QED) is 0.731. The predicted molar refractivity (Wildman–Crippen MR) is 69.5 cm³/mol. The summed E-state index contributed by atoms with van der Waals surface area (Å²) in [6.45, 7) is 8.09. The van der Waals surface area contributed by atoms with Gasteiger partial charge < -0.3 is 10.4 Å². The summed E-state index contributed by atoms with van der Waals surface area (Å²) in [5, 5.41) is 12.7. The van der Waals surface area contributed by atoms with Gasteiger partial charge in [0.2, 0.25) is 0 Å². The highest BCUT2D eigenvalue weighted by Crippen LogP contribution is 2.27. The van der Waals surface area contributed by atoms with Crippen LogP contribution in [0.4, 0.5) is 0 Å². The highest BCUT2D eigenvalue weighted by molar-refractivity contribution is 4.79. The van der Waals surface area contributed by atoms with Gasteiger partial charge in [0.1, 0.15) is 0 Å². The summed E-state index contributed by atoms with van der Waals surface area (Å²) < 4.78 is 0. The number of hydrogen-bond acceptors (Lipinski definition) is 2. The molecule has 0 heterocycles. The molecule has 0 aromatic carbocycles. The summed E-state index contributed by atoms with van der Waals surface area (Å²) >= 11 is 0. The van der Waals surface area contributed by atoms with Gasteiger partial charge in [0.15, 0.2) is 0 Å². The Morgan fingerprint density at radius 2 is 1.88 bits per heavy atom. The van der Waals surface area contributed by atoms with Gasteiger partial charge in [0.05, 0.1) is 0 Å². The Bertz CT molecular complexity index is 185. The van der Waals surface area contributed by atoms with Crippen molar-refractivity contribution in [2.24, 2.45) is 11.3 Å². The lowest BCUT2D eigenvalue weighted by Crippen LogP contribution is -2.40. The van der Waals surface area contributed by atoms with Crippen molar-refractivity contribution >= 4 is 0 Å². The van der Waals surface area contributed by atoms with E-state index in [1.807, 2.05) is 0 Å². The standard InChI is InChI=1S/C14H29NO/c1-12(13-7-5-4-6-8-13)15-11-14(2,3)9-10-16/h12-13,15-16H,4-11H2,1-3H3. The van der Waals surface area contributed by atoms with E-state index in [2.05, 4.69) is 26.1 Å². The molecule has 0 amide bonds. The Morgan fingerprint density at radius 1 is 1.25 bits per heavy atom. The van der Waals surface area contributed by atoms with Crippen LogP contribution in [0.5, 0.6) is 0 Å². The van der Waals surface area contributed by atoms with Crippen LogP contribution in [0.3, 0.4) is 0 Å². The maximum Gasteiger partial charge on any atom is 0.0436 e. The number of hydrogen-bond donors (Lipinski definition) is 2. The van der Waals surface area contributed by atoms with Crippen LogP contribution in [-0.4, -0.2) is 24.3 Å². The van der Waals surface area contributed by atoms with Crippen molar-refractivity contribution in [1.29, 1.82) is 0 Å². The van der Waals surface area contributed by atoms with Gasteiger partial charge in [-0.15, -0.1) is 0 Å². The minimum absolute atomic E-state index is 0.220. The molecule has 0 aliphatic heterocycles. The lowest BCUT2D eigenvalue weighted by molar-refractivity contribution is 0.191. The Balaban J connectivity index is 2.25. The van der Waals surface area contributed by atoms with Gasteiger partial charge >= 0.3 is 0 Å². The zero-order chi connectivity index (χ0) is 12.0. The van der Waals surface area contributed by atoms with Gasteiger partial charge in [-0.3, -0.25) is 0 Å². The molecule has 1 aliphatic rings. The normalized spacial score (nSPS) is 21.0. The zero-order valence-electron chi connectivity index (χ0n) is 11.3. The third-order valence-electron chi connectivity index (χ3n) is 4.05. The summed E-state index contributed by atoms with van der Waals surface area (Å²) in [4.78, 5) is 0. The van der Waals surface area contributed by atoms with Crippen molar-refractivity contribution in [3.63, 3.8) is 0 Å². The van der Waals surface area contributed by atoms with Crippen LogP contribution in [0.25, 0.3) is 0 Å². The molecule has 2 N–H and O–H groups in total. The summed E-state index contributed by atoms with van der Waals surface area (Å²) in [5.74, 6) is 0.874. The molecule has 1 aliphatic carbocycles. The van der Waals surface area contributed by atoms with Crippen LogP contribution in [0.1, 0.15) is 59.3 Å². The SMILES string of the molecule is CC(NCC(C)(C)CCO)C1CCCCC1. The molecule has 1 rings (SSSR count). The predicted octanol–water partition coefficient (Wildman–Crippen LogP) is 2.95. The summed E-state index contributed by atoms with van der Waals surface area (Å²) in [7, 11) is 0. The van der Waals surface area contributed by atoms with E-state index in [9.17, 15) is 0 Å². The summed E-state index contributed by atoms with van der Waals surface area (Å²) in [5.41, 5.74) is 0.220. The van der Waals surface area contributed by atoms with E-state index in [1.54, 1.807) is 0 Å². The number of rotatable bonds is 6. The fraction of sp³-hybridized carbons (Fsp3) is 1.00. The minimum Gasteiger partial charge on any atom is -0.396 e. The van der Waals surface area contributed by atoms with Crippen molar-refractivity contribution in [3.05, 3.63) is 0 Å². The second kappa shape index (κ2) is 6.61. The van der Waals surface area contributed by atoms with E-state index < -0.39 is 0 Å². The molecule has 0 bridgehead atoms. The largest absolute Gasteiger partial charge is 0.396 e. The van der Waals surface area contributed by atoms with Crippen LogP contribution < -0.4 is 5.32 Å². The molecule has 2 nitrogen and oxygen atoms in total. The topological polar surface area (TPSA) is 32.3 Å². The molecule has 2 heteroatoms. The van der Waals surface area contributed by atoms with Crippen LogP contribution in [-0.2, 0) is 0 Å². The molecule has 1 saturated carbocycles. The van der Waals surface area contributed by atoms with Crippen molar-refractivity contribution in [1.82, 2.24) is 5.32 Å². The van der Waals surface area contributed by atoms with E-state index in [-0.39, 0.29) is 5.41 Å². The van der Waals surface area contributed by atoms with Crippen molar-refractivity contribution < 1.29 is 5.11 Å². The van der Waals surface area contributed by atoms with Gasteiger partial charge in [-0.25, -0.2) is 0 Å². The molecule has 0 saturated heterocycles.